The molecule has 0 aromatic carbocycles. The maximum Gasteiger partial charge on any atom is 0.475 e. The highest BCUT2D eigenvalue weighted by atomic mass is 16.5. The number of amides is 3. The van der Waals surface area contributed by atoms with Gasteiger partial charge in [-0.15, -0.1) is 0 Å². The van der Waals surface area contributed by atoms with Crippen LogP contribution < -0.4 is 10.6 Å². The Hall–Kier alpha value is -2.57. The van der Waals surface area contributed by atoms with Crippen molar-refractivity contribution in [1.82, 2.24) is 25.5 Å². The van der Waals surface area contributed by atoms with Crippen LogP contribution in [0.3, 0.4) is 0 Å². The molecule has 2 atom stereocenters. The fourth-order valence-electron chi connectivity index (χ4n) is 2.86. The van der Waals surface area contributed by atoms with Crippen LogP contribution in [0.15, 0.2) is 18.6 Å². The van der Waals surface area contributed by atoms with Gasteiger partial charge in [0.15, 0.2) is 0 Å². The summed E-state index contributed by atoms with van der Waals surface area (Å²) in [4.78, 5) is 47.0. The van der Waals surface area contributed by atoms with Gasteiger partial charge in [-0.3, -0.25) is 19.4 Å². The Balaban J connectivity index is 2.11. The molecule has 1 aromatic heterocycles. The molecule has 1 aromatic rings. The largest absolute Gasteiger partial charge is 0.475 e. The molecule has 0 bridgehead atoms. The molecule has 0 unspecified atom stereocenters. The third-order valence-corrected chi connectivity index (χ3v) is 4.45. The summed E-state index contributed by atoms with van der Waals surface area (Å²) < 4.78 is 5.22. The molecule has 1 fully saturated rings. The number of aromatic nitrogens is 2. The SMILES string of the molecule is CCC[C@H](NC(=O)[C@@H](CC(=O)N1CCOCC1)NC(=O)c1cnccn1)B(O)O. The predicted molar refractivity (Wildman–Crippen MR) is 102 cm³/mol. The molecule has 29 heavy (non-hydrogen) atoms. The lowest BCUT2D eigenvalue weighted by Gasteiger charge is -2.29. The summed E-state index contributed by atoms with van der Waals surface area (Å²) in [5.74, 6) is -2.58. The molecule has 12 heteroatoms. The minimum absolute atomic E-state index is 0.00331. The number of morpholine rings is 1. The van der Waals surface area contributed by atoms with Crippen molar-refractivity contribution in [2.75, 3.05) is 26.3 Å². The highest BCUT2D eigenvalue weighted by molar-refractivity contribution is 6.43. The van der Waals surface area contributed by atoms with Crippen LogP contribution in [0.25, 0.3) is 0 Å². The first-order chi connectivity index (χ1) is 13.9. The molecule has 4 N–H and O–H groups in total. The van der Waals surface area contributed by atoms with E-state index in [1.165, 1.54) is 18.6 Å². The van der Waals surface area contributed by atoms with E-state index < -0.39 is 30.9 Å². The van der Waals surface area contributed by atoms with Gasteiger partial charge in [0.1, 0.15) is 11.7 Å². The van der Waals surface area contributed by atoms with E-state index >= 15 is 0 Å². The summed E-state index contributed by atoms with van der Waals surface area (Å²) in [6, 6.07) is -1.21. The van der Waals surface area contributed by atoms with Crippen molar-refractivity contribution < 1.29 is 29.2 Å². The number of carbonyl (C=O) groups is 3. The van der Waals surface area contributed by atoms with Gasteiger partial charge in [-0.1, -0.05) is 13.3 Å². The van der Waals surface area contributed by atoms with Gasteiger partial charge in [-0.2, -0.15) is 0 Å². The molecule has 1 aliphatic rings. The number of nitrogens with one attached hydrogen (secondary N) is 2. The number of hydrogen-bond donors (Lipinski definition) is 4. The Bertz CT molecular complexity index is 686. The van der Waals surface area contributed by atoms with Crippen LogP contribution in [-0.2, 0) is 14.3 Å². The summed E-state index contributed by atoms with van der Waals surface area (Å²) >= 11 is 0. The number of hydrogen-bond acceptors (Lipinski definition) is 8. The first kappa shape index (κ1) is 22.7. The number of rotatable bonds is 9. The second-order valence-electron chi connectivity index (χ2n) is 6.63. The van der Waals surface area contributed by atoms with E-state index in [-0.39, 0.29) is 18.0 Å². The summed E-state index contributed by atoms with van der Waals surface area (Å²) in [5.41, 5.74) is -0.00331. The molecule has 0 aliphatic carbocycles. The summed E-state index contributed by atoms with van der Waals surface area (Å²) in [5, 5.41) is 23.9. The lowest BCUT2D eigenvalue weighted by Crippen LogP contribution is -2.55. The lowest BCUT2D eigenvalue weighted by atomic mass is 9.76. The molecule has 0 radical (unpaired) electrons. The minimum atomic E-state index is -1.76. The molecular formula is C17H26BN5O6. The van der Waals surface area contributed by atoms with E-state index in [0.717, 1.165) is 0 Å². The van der Waals surface area contributed by atoms with Crippen molar-refractivity contribution in [3.63, 3.8) is 0 Å². The standard InChI is InChI=1S/C17H26BN5O6/c1-2-3-14(18(27)28)22-16(25)12(10-15(24)23-6-8-29-9-7-23)21-17(26)13-11-19-4-5-20-13/h4-5,11-12,14,27-28H,2-3,6-10H2,1H3,(H,21,26)(H,22,25)/t12-,14+/m1/s1. The van der Waals surface area contributed by atoms with Crippen molar-refractivity contribution in [3.05, 3.63) is 24.3 Å². The summed E-state index contributed by atoms with van der Waals surface area (Å²) in [7, 11) is -1.76. The Morgan fingerprint density at radius 1 is 1.24 bits per heavy atom. The second-order valence-corrected chi connectivity index (χ2v) is 6.63. The predicted octanol–water partition coefficient (Wildman–Crippen LogP) is -1.88. The van der Waals surface area contributed by atoms with Crippen molar-refractivity contribution in [2.24, 2.45) is 0 Å². The van der Waals surface area contributed by atoms with Crippen molar-refractivity contribution in [2.45, 2.75) is 38.2 Å². The van der Waals surface area contributed by atoms with Crippen molar-refractivity contribution >= 4 is 24.8 Å². The minimum Gasteiger partial charge on any atom is -0.426 e. The zero-order valence-corrected chi connectivity index (χ0v) is 16.3. The zero-order valence-electron chi connectivity index (χ0n) is 16.3. The van der Waals surface area contributed by atoms with E-state index in [2.05, 4.69) is 20.6 Å². The van der Waals surface area contributed by atoms with Crippen molar-refractivity contribution in [3.8, 4) is 0 Å². The lowest BCUT2D eigenvalue weighted by molar-refractivity contribution is -0.138. The normalized spacial score (nSPS) is 15.9. The number of carbonyl (C=O) groups excluding carboxylic acids is 3. The van der Waals surface area contributed by atoms with E-state index in [4.69, 9.17) is 4.74 Å². The second kappa shape index (κ2) is 11.4. The van der Waals surface area contributed by atoms with Crippen LogP contribution in [0.4, 0.5) is 0 Å². The van der Waals surface area contributed by atoms with E-state index in [1.807, 2.05) is 6.92 Å². The van der Waals surface area contributed by atoms with Crippen molar-refractivity contribution in [1.29, 1.82) is 0 Å². The molecule has 0 spiro atoms. The van der Waals surface area contributed by atoms with Crippen LogP contribution in [0.1, 0.15) is 36.7 Å². The first-order valence-corrected chi connectivity index (χ1v) is 9.51. The fraction of sp³-hybridized carbons (Fsp3) is 0.588. The smallest absolute Gasteiger partial charge is 0.426 e. The quantitative estimate of drug-likeness (QED) is 0.347. The van der Waals surface area contributed by atoms with Crippen LogP contribution >= 0.6 is 0 Å². The highest BCUT2D eigenvalue weighted by Crippen LogP contribution is 2.06. The van der Waals surface area contributed by atoms with Gasteiger partial charge in [0.2, 0.25) is 11.8 Å². The zero-order chi connectivity index (χ0) is 21.2. The van der Waals surface area contributed by atoms with Gasteiger partial charge in [0.25, 0.3) is 5.91 Å². The topological polar surface area (TPSA) is 154 Å². The van der Waals surface area contributed by atoms with Gasteiger partial charge in [0.05, 0.1) is 31.8 Å². The van der Waals surface area contributed by atoms with E-state index in [1.54, 1.807) is 4.90 Å². The average Bonchev–Trinajstić information content (AvgIpc) is 2.73. The highest BCUT2D eigenvalue weighted by Gasteiger charge is 2.31. The number of nitrogens with zero attached hydrogens (tertiary/aromatic N) is 3. The molecule has 0 saturated carbocycles. The number of ether oxygens (including phenoxy) is 1. The fourth-order valence-corrected chi connectivity index (χ4v) is 2.86. The van der Waals surface area contributed by atoms with E-state index in [0.29, 0.717) is 39.1 Å². The first-order valence-electron chi connectivity index (χ1n) is 9.51. The summed E-state index contributed by atoms with van der Waals surface area (Å²) in [6.45, 7) is 3.45. The van der Waals surface area contributed by atoms with Crippen LogP contribution in [0.5, 0.6) is 0 Å². The van der Waals surface area contributed by atoms with Gasteiger partial charge in [0, 0.05) is 25.5 Å². The molecule has 1 aliphatic heterocycles. The van der Waals surface area contributed by atoms with E-state index in [9.17, 15) is 24.4 Å². The average molecular weight is 407 g/mol. The Kier molecular flexibility index (Phi) is 8.96. The summed E-state index contributed by atoms with van der Waals surface area (Å²) in [6.07, 6.45) is 4.63. The Morgan fingerprint density at radius 3 is 2.55 bits per heavy atom. The molecular weight excluding hydrogens is 381 g/mol. The van der Waals surface area contributed by atoms with Gasteiger partial charge < -0.3 is 30.3 Å². The Labute approximate surface area is 169 Å². The molecule has 2 heterocycles. The maximum absolute atomic E-state index is 12.7. The Morgan fingerprint density at radius 2 is 1.97 bits per heavy atom. The van der Waals surface area contributed by atoms with Crippen LogP contribution in [0, 0.1) is 0 Å². The monoisotopic (exact) mass is 407 g/mol. The van der Waals surface area contributed by atoms with Crippen LogP contribution in [-0.4, -0.2) is 88.0 Å². The van der Waals surface area contributed by atoms with Gasteiger partial charge >= 0.3 is 7.12 Å². The molecule has 158 valence electrons. The third-order valence-electron chi connectivity index (χ3n) is 4.45. The van der Waals surface area contributed by atoms with Gasteiger partial charge in [-0.25, -0.2) is 4.98 Å². The maximum atomic E-state index is 12.7. The molecule has 2 rings (SSSR count). The third kappa shape index (κ3) is 7.07. The molecule has 11 nitrogen and oxygen atoms in total. The molecule has 3 amide bonds. The van der Waals surface area contributed by atoms with Gasteiger partial charge in [-0.05, 0) is 6.42 Å². The van der Waals surface area contributed by atoms with Crippen LogP contribution in [0.2, 0.25) is 0 Å². The molecule has 1 saturated heterocycles.